The third kappa shape index (κ3) is 22.1. The second-order valence-electron chi connectivity index (χ2n) is 7.72. The summed E-state index contributed by atoms with van der Waals surface area (Å²) in [6.07, 6.45) is 15.2. The molecule has 0 heterocycles. The van der Waals surface area contributed by atoms with Crippen LogP contribution in [-0.4, -0.2) is 41.4 Å². The summed E-state index contributed by atoms with van der Waals surface area (Å²) in [6.45, 7) is 12.6. The highest BCUT2D eigenvalue weighted by Crippen LogP contribution is 2.11. The molecule has 0 aromatic rings. The summed E-state index contributed by atoms with van der Waals surface area (Å²) >= 11 is 0. The molecular weight excluding hydrogens is 316 g/mol. The largest absolute Gasteiger partial charge is 0.415 e. The molecule has 0 amide bonds. The van der Waals surface area contributed by atoms with E-state index in [4.69, 9.17) is 13.9 Å². The molecule has 0 aromatic carbocycles. The molecule has 0 spiro atoms. The van der Waals surface area contributed by atoms with Gasteiger partial charge in [-0.15, -0.1) is 0 Å². The number of unbranched alkanes of at least 4 members (excludes halogenated alkanes) is 10. The predicted molar refractivity (Wildman–Crippen MR) is 107 cm³/mol. The second kappa shape index (κ2) is 17.9. The van der Waals surface area contributed by atoms with Crippen molar-refractivity contribution >= 4 is 8.32 Å². The molecule has 24 heavy (non-hydrogen) atoms. The summed E-state index contributed by atoms with van der Waals surface area (Å²) in [4.78, 5) is 0. The Morgan fingerprint density at radius 1 is 0.500 bits per heavy atom. The van der Waals surface area contributed by atoms with Crippen molar-refractivity contribution in [1.82, 2.24) is 0 Å². The van der Waals surface area contributed by atoms with Gasteiger partial charge in [-0.1, -0.05) is 71.1 Å². The van der Waals surface area contributed by atoms with E-state index in [1.54, 1.807) is 0 Å². The molecule has 0 unspecified atom stereocenters. The fourth-order valence-electron chi connectivity index (χ4n) is 2.60. The number of ether oxygens (including phenoxy) is 2. The molecule has 0 N–H and O–H groups in total. The van der Waals surface area contributed by atoms with Crippen LogP contribution >= 0.6 is 0 Å². The summed E-state index contributed by atoms with van der Waals surface area (Å²) in [7, 11) is -1.38. The van der Waals surface area contributed by atoms with Crippen LogP contribution in [0.5, 0.6) is 0 Å². The highest BCUT2D eigenvalue weighted by Gasteiger charge is 2.12. The lowest BCUT2D eigenvalue weighted by atomic mass is 10.1. The lowest BCUT2D eigenvalue weighted by molar-refractivity contribution is 0.0343. The summed E-state index contributed by atoms with van der Waals surface area (Å²) in [6, 6.07) is 0. The van der Waals surface area contributed by atoms with E-state index in [2.05, 4.69) is 26.6 Å². The zero-order valence-corrected chi connectivity index (χ0v) is 18.0. The molecule has 0 aliphatic heterocycles. The van der Waals surface area contributed by atoms with Gasteiger partial charge in [0.2, 0.25) is 0 Å². The van der Waals surface area contributed by atoms with Gasteiger partial charge in [0, 0.05) is 6.61 Å². The summed E-state index contributed by atoms with van der Waals surface area (Å²) in [5.41, 5.74) is 0. The molecule has 0 rings (SSSR count). The quantitative estimate of drug-likeness (QED) is 0.203. The first kappa shape index (κ1) is 24.1. The van der Waals surface area contributed by atoms with E-state index in [0.29, 0.717) is 26.4 Å². The zero-order chi connectivity index (χ0) is 17.9. The standard InChI is InChI=1S/C20H44O3Si/c1-5-6-7-8-9-10-11-12-13-14-15-16-21-17-18-22-19-20-23-24(2,3)4/h5-20H2,1-4H3. The average molecular weight is 361 g/mol. The van der Waals surface area contributed by atoms with Gasteiger partial charge < -0.3 is 13.9 Å². The Balaban J connectivity index is 3.00. The van der Waals surface area contributed by atoms with Crippen molar-refractivity contribution in [3.63, 3.8) is 0 Å². The van der Waals surface area contributed by atoms with Crippen LogP contribution in [0.15, 0.2) is 0 Å². The predicted octanol–water partition coefficient (Wildman–Crippen LogP) is 6.18. The summed E-state index contributed by atoms with van der Waals surface area (Å²) in [5, 5.41) is 0. The third-order valence-electron chi connectivity index (χ3n) is 4.03. The van der Waals surface area contributed by atoms with Gasteiger partial charge in [-0.3, -0.25) is 0 Å². The van der Waals surface area contributed by atoms with E-state index < -0.39 is 8.32 Å². The molecule has 0 saturated carbocycles. The van der Waals surface area contributed by atoms with Gasteiger partial charge in [0.15, 0.2) is 8.32 Å². The molecule has 0 radical (unpaired) electrons. The smallest absolute Gasteiger partial charge is 0.183 e. The first-order valence-corrected chi connectivity index (χ1v) is 13.8. The Kier molecular flexibility index (Phi) is 18.0. The Hall–Kier alpha value is 0.0969. The summed E-state index contributed by atoms with van der Waals surface area (Å²) in [5.74, 6) is 0. The maximum absolute atomic E-state index is 5.73. The maximum Gasteiger partial charge on any atom is 0.183 e. The van der Waals surface area contributed by atoms with Crippen molar-refractivity contribution in [2.24, 2.45) is 0 Å². The van der Waals surface area contributed by atoms with Crippen LogP contribution in [0, 0.1) is 0 Å². The Labute approximate surface area is 153 Å². The Morgan fingerprint density at radius 3 is 1.42 bits per heavy atom. The maximum atomic E-state index is 5.73. The van der Waals surface area contributed by atoms with Crippen molar-refractivity contribution in [3.8, 4) is 0 Å². The van der Waals surface area contributed by atoms with Crippen molar-refractivity contribution in [3.05, 3.63) is 0 Å². The molecule has 0 aliphatic rings. The van der Waals surface area contributed by atoms with E-state index in [1.165, 1.54) is 70.6 Å². The first-order chi connectivity index (χ1) is 11.6. The normalized spacial score (nSPS) is 12.0. The topological polar surface area (TPSA) is 27.7 Å². The zero-order valence-electron chi connectivity index (χ0n) is 17.0. The summed E-state index contributed by atoms with van der Waals surface area (Å²) < 4.78 is 16.8. The fourth-order valence-corrected chi connectivity index (χ4v) is 3.29. The molecule has 0 saturated heterocycles. The minimum atomic E-state index is -1.38. The molecular formula is C20H44O3Si. The van der Waals surface area contributed by atoms with Gasteiger partial charge in [-0.25, -0.2) is 0 Å². The van der Waals surface area contributed by atoms with Crippen LogP contribution in [0.25, 0.3) is 0 Å². The van der Waals surface area contributed by atoms with Crippen LogP contribution in [0.3, 0.4) is 0 Å². The van der Waals surface area contributed by atoms with Gasteiger partial charge in [0.25, 0.3) is 0 Å². The van der Waals surface area contributed by atoms with Crippen LogP contribution < -0.4 is 0 Å². The highest BCUT2D eigenvalue weighted by atomic mass is 28.4. The van der Waals surface area contributed by atoms with E-state index in [9.17, 15) is 0 Å². The SMILES string of the molecule is CCCCCCCCCCCCCOCCOCCO[Si](C)(C)C. The minimum Gasteiger partial charge on any atom is -0.415 e. The lowest BCUT2D eigenvalue weighted by Crippen LogP contribution is -2.27. The fraction of sp³-hybridized carbons (Fsp3) is 1.00. The number of hydrogen-bond donors (Lipinski definition) is 0. The lowest BCUT2D eigenvalue weighted by Gasteiger charge is -2.16. The van der Waals surface area contributed by atoms with E-state index in [0.717, 1.165) is 6.61 Å². The number of rotatable bonds is 19. The second-order valence-corrected chi connectivity index (χ2v) is 12.2. The van der Waals surface area contributed by atoms with E-state index in [1.807, 2.05) is 0 Å². The van der Waals surface area contributed by atoms with Crippen molar-refractivity contribution in [1.29, 1.82) is 0 Å². The average Bonchev–Trinajstić information content (AvgIpc) is 2.52. The van der Waals surface area contributed by atoms with Crippen LogP contribution in [0.1, 0.15) is 77.6 Å². The van der Waals surface area contributed by atoms with Gasteiger partial charge >= 0.3 is 0 Å². The third-order valence-corrected chi connectivity index (χ3v) is 5.10. The molecule has 0 bridgehead atoms. The van der Waals surface area contributed by atoms with Crippen molar-refractivity contribution in [2.45, 2.75) is 97.2 Å². The molecule has 0 fully saturated rings. The molecule has 0 aromatic heterocycles. The number of hydrogen-bond acceptors (Lipinski definition) is 3. The van der Waals surface area contributed by atoms with Gasteiger partial charge in [0.05, 0.1) is 26.4 Å². The van der Waals surface area contributed by atoms with E-state index in [-0.39, 0.29) is 0 Å². The molecule has 0 atom stereocenters. The first-order valence-electron chi connectivity index (χ1n) is 10.4. The van der Waals surface area contributed by atoms with Crippen LogP contribution in [-0.2, 0) is 13.9 Å². The van der Waals surface area contributed by atoms with Gasteiger partial charge in [-0.05, 0) is 26.1 Å². The van der Waals surface area contributed by atoms with Gasteiger partial charge in [-0.2, -0.15) is 0 Å². The highest BCUT2D eigenvalue weighted by molar-refractivity contribution is 6.69. The van der Waals surface area contributed by atoms with Crippen LogP contribution in [0.2, 0.25) is 19.6 Å². The monoisotopic (exact) mass is 360 g/mol. The molecule has 0 aliphatic carbocycles. The van der Waals surface area contributed by atoms with E-state index >= 15 is 0 Å². The molecule has 4 heteroatoms. The van der Waals surface area contributed by atoms with Gasteiger partial charge in [0.1, 0.15) is 0 Å². The molecule has 3 nitrogen and oxygen atoms in total. The Morgan fingerprint density at radius 2 is 0.917 bits per heavy atom. The Bertz CT molecular complexity index is 242. The van der Waals surface area contributed by atoms with Crippen molar-refractivity contribution in [2.75, 3.05) is 33.0 Å². The van der Waals surface area contributed by atoms with Crippen LogP contribution in [0.4, 0.5) is 0 Å². The van der Waals surface area contributed by atoms with Crippen molar-refractivity contribution < 1.29 is 13.9 Å². The minimum absolute atomic E-state index is 0.687. The molecule has 146 valence electrons.